The molecule has 0 spiro atoms. The zero-order valence-electron chi connectivity index (χ0n) is 22.6. The first-order valence-electron chi connectivity index (χ1n) is 12.8. The lowest BCUT2D eigenvalue weighted by atomic mass is 9.98. The van der Waals surface area contributed by atoms with Crippen LogP contribution in [0.3, 0.4) is 0 Å². The minimum Gasteiger partial charge on any atom is -0.508 e. The largest absolute Gasteiger partial charge is 0.508 e. The van der Waals surface area contributed by atoms with Crippen LogP contribution in [0, 0.1) is 12.8 Å². The number of rotatable bonds is 9. The number of carbonyl (C=O) groups is 3. The van der Waals surface area contributed by atoms with Gasteiger partial charge in [-0.2, -0.15) is 0 Å². The minimum absolute atomic E-state index is 0.00000187. The second-order valence-electron chi connectivity index (χ2n) is 11.1. The maximum atomic E-state index is 14.1. The summed E-state index contributed by atoms with van der Waals surface area (Å²) in [7, 11) is 0. The van der Waals surface area contributed by atoms with E-state index in [9.17, 15) is 19.5 Å². The number of anilines is 1. The molecule has 8 heteroatoms. The average Bonchev–Trinajstić information content (AvgIpc) is 3.61. The Labute approximate surface area is 219 Å². The molecule has 0 bridgehead atoms. The number of benzene rings is 2. The molecule has 2 aromatic rings. The average molecular weight is 510 g/mol. The summed E-state index contributed by atoms with van der Waals surface area (Å²) in [6, 6.07) is 11.8. The van der Waals surface area contributed by atoms with Gasteiger partial charge >= 0.3 is 6.09 Å². The molecule has 1 aliphatic rings. The van der Waals surface area contributed by atoms with Crippen molar-refractivity contribution in [2.75, 3.05) is 5.32 Å². The van der Waals surface area contributed by atoms with Crippen molar-refractivity contribution in [3.8, 4) is 5.75 Å². The lowest BCUT2D eigenvalue weighted by Gasteiger charge is -2.35. The number of carbonyl (C=O) groups excluding carboxylic acids is 3. The molecule has 0 aromatic heterocycles. The van der Waals surface area contributed by atoms with Gasteiger partial charge in [-0.25, -0.2) is 4.79 Å². The van der Waals surface area contributed by atoms with E-state index in [1.54, 1.807) is 37.8 Å². The minimum atomic E-state index is -0.998. The molecule has 0 radical (unpaired) electrons. The Morgan fingerprint density at radius 2 is 1.76 bits per heavy atom. The van der Waals surface area contributed by atoms with Crippen LogP contribution in [0.2, 0.25) is 0 Å². The molecule has 0 heterocycles. The molecule has 8 nitrogen and oxygen atoms in total. The molecule has 2 aromatic carbocycles. The standard InChI is InChI=1S/C29H39N3O5/c1-18(2)16-24(31-28(36)37-29(4,5)6)27(35)32(21-14-15-21)25(20-11-9-12-22(33)17-20)26(34)30-23-13-8-7-10-19(23)3/h7-13,17-18,21,24-25,33H,14-16H2,1-6H3,(H,30,34)(H,31,36). The number of alkyl carbamates (subject to hydrolysis) is 1. The van der Waals surface area contributed by atoms with Crippen molar-refractivity contribution in [2.45, 2.75) is 84.5 Å². The van der Waals surface area contributed by atoms with Gasteiger partial charge in [0.2, 0.25) is 5.91 Å². The third-order valence-electron chi connectivity index (χ3n) is 6.01. The first-order valence-corrected chi connectivity index (χ1v) is 12.8. The molecule has 2 atom stereocenters. The van der Waals surface area contributed by atoms with Crippen LogP contribution >= 0.6 is 0 Å². The van der Waals surface area contributed by atoms with Crippen LogP contribution in [0.5, 0.6) is 5.75 Å². The lowest BCUT2D eigenvalue weighted by molar-refractivity contribution is -0.141. The summed E-state index contributed by atoms with van der Waals surface area (Å²) in [5, 5.41) is 15.9. The van der Waals surface area contributed by atoms with Gasteiger partial charge in [0, 0.05) is 11.7 Å². The molecule has 37 heavy (non-hydrogen) atoms. The second-order valence-corrected chi connectivity index (χ2v) is 11.1. The monoisotopic (exact) mass is 509 g/mol. The Bertz CT molecular complexity index is 1120. The summed E-state index contributed by atoms with van der Waals surface area (Å²) in [5.41, 5.74) is 1.31. The highest BCUT2D eigenvalue weighted by Crippen LogP contribution is 2.37. The molecule has 3 amide bonds. The van der Waals surface area contributed by atoms with Gasteiger partial charge < -0.3 is 25.4 Å². The zero-order chi connectivity index (χ0) is 27.3. The molecule has 1 saturated carbocycles. The van der Waals surface area contributed by atoms with Crippen molar-refractivity contribution in [1.29, 1.82) is 0 Å². The van der Waals surface area contributed by atoms with Gasteiger partial charge in [-0.15, -0.1) is 0 Å². The highest BCUT2D eigenvalue weighted by atomic mass is 16.6. The number of amides is 3. The molecule has 0 aliphatic heterocycles. The fourth-order valence-corrected chi connectivity index (χ4v) is 4.24. The molecular weight excluding hydrogens is 470 g/mol. The fraction of sp³-hybridized carbons (Fsp3) is 0.483. The van der Waals surface area contributed by atoms with Crippen molar-refractivity contribution in [3.63, 3.8) is 0 Å². The fourth-order valence-electron chi connectivity index (χ4n) is 4.24. The van der Waals surface area contributed by atoms with E-state index >= 15 is 0 Å². The molecule has 0 saturated heterocycles. The van der Waals surface area contributed by atoms with Gasteiger partial charge in [0.1, 0.15) is 23.4 Å². The lowest BCUT2D eigenvalue weighted by Crippen LogP contribution is -2.53. The van der Waals surface area contributed by atoms with E-state index in [4.69, 9.17) is 4.74 Å². The highest BCUT2D eigenvalue weighted by molar-refractivity contribution is 5.99. The summed E-state index contributed by atoms with van der Waals surface area (Å²) in [6.07, 6.45) is 1.20. The number of para-hydroxylation sites is 1. The van der Waals surface area contributed by atoms with Gasteiger partial charge in [0.25, 0.3) is 5.91 Å². The van der Waals surface area contributed by atoms with Gasteiger partial charge in [0.05, 0.1) is 0 Å². The number of hydrogen-bond donors (Lipinski definition) is 3. The Morgan fingerprint density at radius 3 is 2.32 bits per heavy atom. The summed E-state index contributed by atoms with van der Waals surface area (Å²) in [6.45, 7) is 11.1. The number of phenolic OH excluding ortho intramolecular Hbond substituents is 1. The summed E-state index contributed by atoms with van der Waals surface area (Å²) in [5.74, 6) is -0.638. The van der Waals surface area contributed by atoms with Gasteiger partial charge in [-0.05, 0) is 82.2 Å². The van der Waals surface area contributed by atoms with Crippen LogP contribution in [0.25, 0.3) is 0 Å². The second kappa shape index (κ2) is 11.7. The van der Waals surface area contributed by atoms with Gasteiger partial charge in [0.15, 0.2) is 0 Å². The highest BCUT2D eigenvalue weighted by Gasteiger charge is 2.44. The van der Waals surface area contributed by atoms with Crippen molar-refractivity contribution in [3.05, 3.63) is 59.7 Å². The van der Waals surface area contributed by atoms with Crippen molar-refractivity contribution < 1.29 is 24.2 Å². The first kappa shape index (κ1) is 28.0. The Hall–Kier alpha value is -3.55. The van der Waals surface area contributed by atoms with E-state index in [0.717, 1.165) is 18.4 Å². The number of aryl methyl sites for hydroxylation is 1. The van der Waals surface area contributed by atoms with Crippen LogP contribution in [-0.2, 0) is 14.3 Å². The molecule has 3 rings (SSSR count). The Kier molecular flexibility index (Phi) is 8.84. The quantitative estimate of drug-likeness (QED) is 0.425. The number of ether oxygens (including phenoxy) is 1. The molecule has 1 aliphatic carbocycles. The molecular formula is C29H39N3O5. The van der Waals surface area contributed by atoms with E-state index in [2.05, 4.69) is 10.6 Å². The van der Waals surface area contributed by atoms with E-state index < -0.39 is 23.8 Å². The normalized spacial score (nSPS) is 15.0. The molecule has 2 unspecified atom stereocenters. The van der Waals surface area contributed by atoms with Crippen LogP contribution in [0.15, 0.2) is 48.5 Å². The van der Waals surface area contributed by atoms with Crippen molar-refractivity contribution in [2.24, 2.45) is 5.92 Å². The number of phenols is 1. The SMILES string of the molecule is Cc1ccccc1NC(=O)C(c1cccc(O)c1)N(C(=O)C(CC(C)C)NC(=O)OC(C)(C)C)C1CC1. The van der Waals surface area contributed by atoms with Crippen molar-refractivity contribution >= 4 is 23.6 Å². The van der Waals surface area contributed by atoms with E-state index in [-0.39, 0.29) is 29.5 Å². The Morgan fingerprint density at radius 1 is 1.08 bits per heavy atom. The number of nitrogens with one attached hydrogen (secondary N) is 2. The molecule has 1 fully saturated rings. The maximum absolute atomic E-state index is 14.1. The van der Waals surface area contributed by atoms with E-state index in [1.165, 1.54) is 12.1 Å². The summed E-state index contributed by atoms with van der Waals surface area (Å²) < 4.78 is 5.42. The Balaban J connectivity index is 1.99. The number of hydrogen-bond acceptors (Lipinski definition) is 5. The third-order valence-corrected chi connectivity index (χ3v) is 6.01. The smallest absolute Gasteiger partial charge is 0.408 e. The van der Waals surface area contributed by atoms with Crippen LogP contribution in [0.1, 0.15) is 71.0 Å². The van der Waals surface area contributed by atoms with E-state index in [0.29, 0.717) is 17.7 Å². The molecule has 200 valence electrons. The predicted octanol–water partition coefficient (Wildman–Crippen LogP) is 5.31. The zero-order valence-corrected chi connectivity index (χ0v) is 22.6. The van der Waals surface area contributed by atoms with Crippen molar-refractivity contribution in [1.82, 2.24) is 10.2 Å². The number of nitrogens with zero attached hydrogens (tertiary/aromatic N) is 1. The van der Waals surface area contributed by atoms with Gasteiger partial charge in [-0.1, -0.05) is 44.2 Å². The topological polar surface area (TPSA) is 108 Å². The van der Waals surface area contributed by atoms with E-state index in [1.807, 2.05) is 45.0 Å². The molecule has 3 N–H and O–H groups in total. The van der Waals surface area contributed by atoms with Crippen LogP contribution in [0.4, 0.5) is 10.5 Å². The first-order chi connectivity index (χ1) is 17.4. The third kappa shape index (κ3) is 7.97. The summed E-state index contributed by atoms with van der Waals surface area (Å²) >= 11 is 0. The number of aromatic hydroxyl groups is 1. The van der Waals surface area contributed by atoms with Crippen LogP contribution < -0.4 is 10.6 Å². The summed E-state index contributed by atoms with van der Waals surface area (Å²) in [4.78, 5) is 42.1. The van der Waals surface area contributed by atoms with Crippen LogP contribution in [-0.4, -0.2) is 45.6 Å². The van der Waals surface area contributed by atoms with Gasteiger partial charge in [-0.3, -0.25) is 9.59 Å². The maximum Gasteiger partial charge on any atom is 0.408 e. The predicted molar refractivity (Wildman–Crippen MR) is 143 cm³/mol.